The van der Waals surface area contributed by atoms with E-state index in [1.807, 2.05) is 26.8 Å². The van der Waals surface area contributed by atoms with E-state index in [0.717, 1.165) is 5.56 Å². The Balaban J connectivity index is 2.83. The smallest absolute Gasteiger partial charge is 0.254 e. The number of amides is 1. The van der Waals surface area contributed by atoms with E-state index >= 15 is 0 Å². The maximum Gasteiger partial charge on any atom is 0.254 e. The average Bonchev–Trinajstić information content (AvgIpc) is 2.27. The average molecular weight is 260 g/mol. The monoisotopic (exact) mass is 260 g/mol. The fourth-order valence-electron chi connectivity index (χ4n) is 1.85. The van der Waals surface area contributed by atoms with Crippen LogP contribution in [0.4, 0.5) is 0 Å². The SMILES string of the molecule is CC(C)(C)c1cc(O)c2oc(=N)c(C(N)=O)cc2c1. The molecule has 1 amide bonds. The summed E-state index contributed by atoms with van der Waals surface area (Å²) in [4.78, 5) is 11.2. The number of fused-ring (bicyclic) bond motifs is 1. The molecule has 1 aromatic carbocycles. The van der Waals surface area contributed by atoms with Crippen LogP contribution >= 0.6 is 0 Å². The van der Waals surface area contributed by atoms with E-state index in [1.165, 1.54) is 6.07 Å². The largest absolute Gasteiger partial charge is 0.504 e. The molecule has 2 rings (SSSR count). The Labute approximate surface area is 110 Å². The van der Waals surface area contributed by atoms with Crippen molar-refractivity contribution in [3.05, 3.63) is 34.9 Å². The third-order valence-corrected chi connectivity index (χ3v) is 2.98. The molecule has 100 valence electrons. The molecule has 0 aliphatic rings. The van der Waals surface area contributed by atoms with Gasteiger partial charge in [0.25, 0.3) is 5.91 Å². The fourth-order valence-corrected chi connectivity index (χ4v) is 1.85. The summed E-state index contributed by atoms with van der Waals surface area (Å²) in [5.74, 6) is -0.775. The van der Waals surface area contributed by atoms with Crippen LogP contribution in [0.1, 0.15) is 36.7 Å². The molecule has 0 aliphatic heterocycles. The molecule has 2 aromatic rings. The Hall–Kier alpha value is -2.30. The van der Waals surface area contributed by atoms with Crippen molar-refractivity contribution in [1.29, 1.82) is 5.41 Å². The van der Waals surface area contributed by atoms with E-state index in [9.17, 15) is 9.90 Å². The van der Waals surface area contributed by atoms with Crippen LogP contribution < -0.4 is 11.3 Å². The molecule has 0 saturated heterocycles. The van der Waals surface area contributed by atoms with E-state index in [-0.39, 0.29) is 27.9 Å². The van der Waals surface area contributed by atoms with Crippen LogP contribution in [0.3, 0.4) is 0 Å². The van der Waals surface area contributed by atoms with Crippen molar-refractivity contribution >= 4 is 16.9 Å². The number of carbonyl (C=O) groups is 1. The molecule has 0 bridgehead atoms. The van der Waals surface area contributed by atoms with Gasteiger partial charge in [-0.1, -0.05) is 20.8 Å². The van der Waals surface area contributed by atoms with Crippen LogP contribution in [-0.4, -0.2) is 11.0 Å². The lowest BCUT2D eigenvalue weighted by molar-refractivity contribution is 0.0996. The van der Waals surface area contributed by atoms with Gasteiger partial charge in [0.05, 0.1) is 0 Å². The normalized spacial score (nSPS) is 11.7. The van der Waals surface area contributed by atoms with Crippen molar-refractivity contribution in [3.8, 4) is 5.75 Å². The first kappa shape index (κ1) is 13.1. The van der Waals surface area contributed by atoms with Gasteiger partial charge in [-0.25, -0.2) is 0 Å². The van der Waals surface area contributed by atoms with E-state index < -0.39 is 5.91 Å². The number of aromatic hydroxyl groups is 1. The lowest BCUT2D eigenvalue weighted by Crippen LogP contribution is -2.21. The molecule has 0 unspecified atom stereocenters. The van der Waals surface area contributed by atoms with Gasteiger partial charge in [0.15, 0.2) is 11.3 Å². The number of hydrogen-bond acceptors (Lipinski definition) is 4. The summed E-state index contributed by atoms with van der Waals surface area (Å²) >= 11 is 0. The molecule has 5 nitrogen and oxygen atoms in total. The van der Waals surface area contributed by atoms with Gasteiger partial charge in [-0.15, -0.1) is 0 Å². The second-order valence-electron chi connectivity index (χ2n) is 5.52. The molecule has 1 aromatic heterocycles. The lowest BCUT2D eigenvalue weighted by atomic mass is 9.86. The molecule has 0 spiro atoms. The number of rotatable bonds is 1. The second-order valence-corrected chi connectivity index (χ2v) is 5.52. The van der Waals surface area contributed by atoms with Gasteiger partial charge in [0.2, 0.25) is 5.55 Å². The molecular formula is C14H16N2O3. The van der Waals surface area contributed by atoms with Gasteiger partial charge in [0.1, 0.15) is 5.56 Å². The van der Waals surface area contributed by atoms with Crippen molar-refractivity contribution in [1.82, 2.24) is 0 Å². The highest BCUT2D eigenvalue weighted by atomic mass is 16.4. The van der Waals surface area contributed by atoms with E-state index in [0.29, 0.717) is 5.39 Å². The van der Waals surface area contributed by atoms with Crippen LogP contribution in [0.25, 0.3) is 11.0 Å². The fraction of sp³-hybridized carbons (Fsp3) is 0.286. The van der Waals surface area contributed by atoms with Crippen LogP contribution in [0.15, 0.2) is 22.6 Å². The first-order chi connectivity index (χ1) is 8.70. The Kier molecular flexibility index (Phi) is 2.85. The summed E-state index contributed by atoms with van der Waals surface area (Å²) in [5.41, 5.74) is 5.77. The highest BCUT2D eigenvalue weighted by molar-refractivity contribution is 5.96. The lowest BCUT2D eigenvalue weighted by Gasteiger charge is -2.19. The van der Waals surface area contributed by atoms with Crippen molar-refractivity contribution < 1.29 is 14.3 Å². The third-order valence-electron chi connectivity index (χ3n) is 2.98. The minimum absolute atomic E-state index is 0.00189. The van der Waals surface area contributed by atoms with Crippen LogP contribution in [-0.2, 0) is 5.41 Å². The highest BCUT2D eigenvalue weighted by Gasteiger charge is 2.18. The summed E-state index contributed by atoms with van der Waals surface area (Å²) in [6, 6.07) is 4.90. The third kappa shape index (κ3) is 2.31. The summed E-state index contributed by atoms with van der Waals surface area (Å²) in [6.07, 6.45) is 0. The molecule has 4 N–H and O–H groups in total. The number of carbonyl (C=O) groups excluding carboxylic acids is 1. The van der Waals surface area contributed by atoms with Gasteiger partial charge in [-0.05, 0) is 29.2 Å². The maximum atomic E-state index is 11.2. The number of phenols is 1. The van der Waals surface area contributed by atoms with Gasteiger partial charge < -0.3 is 15.3 Å². The van der Waals surface area contributed by atoms with Crippen LogP contribution in [0.5, 0.6) is 5.75 Å². The Morgan fingerprint density at radius 2 is 1.95 bits per heavy atom. The van der Waals surface area contributed by atoms with E-state index in [1.54, 1.807) is 6.07 Å². The Morgan fingerprint density at radius 3 is 2.47 bits per heavy atom. The van der Waals surface area contributed by atoms with Crippen molar-refractivity contribution in [2.24, 2.45) is 5.73 Å². The predicted molar refractivity (Wildman–Crippen MR) is 71.0 cm³/mol. The topological polar surface area (TPSA) is 100 Å². The number of nitrogens with two attached hydrogens (primary N) is 1. The first-order valence-corrected chi connectivity index (χ1v) is 5.86. The van der Waals surface area contributed by atoms with Crippen molar-refractivity contribution in [2.75, 3.05) is 0 Å². The Morgan fingerprint density at radius 1 is 1.32 bits per heavy atom. The zero-order valence-corrected chi connectivity index (χ0v) is 11.1. The molecule has 0 atom stereocenters. The minimum atomic E-state index is -0.726. The van der Waals surface area contributed by atoms with Crippen LogP contribution in [0, 0.1) is 5.41 Å². The summed E-state index contributed by atoms with van der Waals surface area (Å²) in [7, 11) is 0. The number of primary amides is 1. The summed E-state index contributed by atoms with van der Waals surface area (Å²) in [5, 5.41) is 18.1. The Bertz CT molecular complexity index is 724. The van der Waals surface area contributed by atoms with Crippen molar-refractivity contribution in [3.63, 3.8) is 0 Å². The second kappa shape index (κ2) is 4.12. The number of benzene rings is 1. The quantitative estimate of drug-likeness (QED) is 0.731. The number of hydrogen-bond donors (Lipinski definition) is 3. The maximum absolute atomic E-state index is 11.2. The predicted octanol–water partition coefficient (Wildman–Crippen LogP) is 2.01. The molecule has 19 heavy (non-hydrogen) atoms. The zero-order chi connectivity index (χ0) is 14.4. The number of phenolic OH excluding ortho intramolecular Hbond substituents is 1. The molecular weight excluding hydrogens is 244 g/mol. The minimum Gasteiger partial charge on any atom is -0.504 e. The standard InChI is InChI=1S/C14H16N2O3/c1-14(2,3)8-4-7-5-9(12(15)18)13(16)19-11(7)10(17)6-8/h4-6,16-17H,1-3H3,(H2,15,18). The molecule has 0 fully saturated rings. The molecule has 5 heteroatoms. The molecule has 0 aliphatic carbocycles. The highest BCUT2D eigenvalue weighted by Crippen LogP contribution is 2.32. The molecule has 0 saturated carbocycles. The summed E-state index contributed by atoms with van der Waals surface area (Å²) in [6.45, 7) is 6.04. The van der Waals surface area contributed by atoms with Gasteiger partial charge >= 0.3 is 0 Å². The van der Waals surface area contributed by atoms with Gasteiger partial charge in [-0.3, -0.25) is 10.2 Å². The summed E-state index contributed by atoms with van der Waals surface area (Å²) < 4.78 is 5.17. The van der Waals surface area contributed by atoms with Crippen LogP contribution in [0.2, 0.25) is 0 Å². The molecule has 1 heterocycles. The van der Waals surface area contributed by atoms with E-state index in [4.69, 9.17) is 15.6 Å². The molecule has 0 radical (unpaired) electrons. The zero-order valence-electron chi connectivity index (χ0n) is 11.1. The van der Waals surface area contributed by atoms with Gasteiger partial charge in [-0.2, -0.15) is 0 Å². The van der Waals surface area contributed by atoms with E-state index in [2.05, 4.69) is 0 Å². The first-order valence-electron chi connectivity index (χ1n) is 5.86. The number of nitrogens with one attached hydrogen (secondary N) is 1. The van der Waals surface area contributed by atoms with Crippen molar-refractivity contribution in [2.45, 2.75) is 26.2 Å². The van der Waals surface area contributed by atoms with Gasteiger partial charge in [0, 0.05) is 5.39 Å².